The Bertz CT molecular complexity index is 755. The molecule has 2 aliphatic rings. The lowest BCUT2D eigenvalue weighted by Gasteiger charge is -2.26. The van der Waals surface area contributed by atoms with E-state index in [4.69, 9.17) is 14.2 Å². The number of morpholine rings is 1. The Morgan fingerprint density at radius 1 is 1.26 bits per heavy atom. The molecule has 3 rings (SSSR count). The van der Waals surface area contributed by atoms with E-state index in [1.807, 2.05) is 0 Å². The first-order valence-corrected chi connectivity index (χ1v) is 10.6. The minimum atomic E-state index is -3.74. The Kier molecular flexibility index (Phi) is 6.69. The number of anilines is 1. The van der Waals surface area contributed by atoms with E-state index in [2.05, 4.69) is 5.32 Å². The van der Waals surface area contributed by atoms with Crippen molar-refractivity contribution < 1.29 is 27.4 Å². The summed E-state index contributed by atoms with van der Waals surface area (Å²) in [5.41, 5.74) is 0.391. The molecule has 1 aliphatic carbocycles. The second-order valence-corrected chi connectivity index (χ2v) is 8.55. The van der Waals surface area contributed by atoms with Crippen LogP contribution in [0, 0.1) is 0 Å². The molecule has 1 saturated heterocycles. The number of carbonyl (C=O) groups is 1. The molecule has 0 spiro atoms. The molecule has 0 aromatic heterocycles. The molecule has 2 fully saturated rings. The molecular formula is C18H26N2O6S. The summed E-state index contributed by atoms with van der Waals surface area (Å²) < 4.78 is 43.3. The van der Waals surface area contributed by atoms with Gasteiger partial charge in [-0.25, -0.2) is 8.42 Å². The van der Waals surface area contributed by atoms with Gasteiger partial charge in [0.2, 0.25) is 15.9 Å². The lowest BCUT2D eigenvalue weighted by molar-refractivity contribution is -0.122. The molecule has 1 amide bonds. The first-order valence-electron chi connectivity index (χ1n) is 9.18. The highest BCUT2D eigenvalue weighted by Gasteiger charge is 2.29. The molecule has 0 bridgehead atoms. The van der Waals surface area contributed by atoms with Gasteiger partial charge in [0.05, 0.1) is 26.4 Å². The zero-order chi connectivity index (χ0) is 19.3. The summed E-state index contributed by atoms with van der Waals surface area (Å²) >= 11 is 0. The standard InChI is InChI=1S/C18H26N2O6S/c1-24-16-7-6-14(19-18(21)13-26-15-4-2-3-5-15)12-17(16)27(22,23)20-8-10-25-11-9-20/h6-7,12,15H,2-5,8-11,13H2,1H3,(H,19,21). The van der Waals surface area contributed by atoms with Crippen LogP contribution < -0.4 is 10.1 Å². The summed E-state index contributed by atoms with van der Waals surface area (Å²) in [7, 11) is -2.32. The van der Waals surface area contributed by atoms with E-state index >= 15 is 0 Å². The number of amides is 1. The van der Waals surface area contributed by atoms with Crippen LogP contribution in [0.15, 0.2) is 23.1 Å². The van der Waals surface area contributed by atoms with Crippen LogP contribution in [-0.4, -0.2) is 64.8 Å². The van der Waals surface area contributed by atoms with E-state index in [0.717, 1.165) is 25.7 Å². The van der Waals surface area contributed by atoms with Crippen molar-refractivity contribution >= 4 is 21.6 Å². The molecule has 0 unspecified atom stereocenters. The fourth-order valence-corrected chi connectivity index (χ4v) is 4.92. The van der Waals surface area contributed by atoms with Gasteiger partial charge in [-0.15, -0.1) is 0 Å². The van der Waals surface area contributed by atoms with Crippen LogP contribution in [0.4, 0.5) is 5.69 Å². The van der Waals surface area contributed by atoms with E-state index in [1.54, 1.807) is 12.1 Å². The van der Waals surface area contributed by atoms with E-state index in [9.17, 15) is 13.2 Å². The number of hydrogen-bond donors (Lipinski definition) is 1. The highest BCUT2D eigenvalue weighted by Crippen LogP contribution is 2.30. The molecule has 150 valence electrons. The number of sulfonamides is 1. The normalized spacial score (nSPS) is 19.1. The molecule has 1 N–H and O–H groups in total. The van der Waals surface area contributed by atoms with Crippen LogP contribution in [0.2, 0.25) is 0 Å². The summed E-state index contributed by atoms with van der Waals surface area (Å²) in [6, 6.07) is 4.59. The van der Waals surface area contributed by atoms with Crippen LogP contribution in [0.25, 0.3) is 0 Å². The van der Waals surface area contributed by atoms with Gasteiger partial charge in [-0.05, 0) is 31.0 Å². The van der Waals surface area contributed by atoms with Gasteiger partial charge in [-0.2, -0.15) is 4.31 Å². The molecule has 1 heterocycles. The maximum atomic E-state index is 13.0. The third-order valence-corrected chi connectivity index (χ3v) is 6.71. The monoisotopic (exact) mass is 398 g/mol. The molecule has 1 aromatic carbocycles. The van der Waals surface area contributed by atoms with Gasteiger partial charge >= 0.3 is 0 Å². The van der Waals surface area contributed by atoms with Crippen LogP contribution in [0.5, 0.6) is 5.75 Å². The quantitative estimate of drug-likeness (QED) is 0.750. The largest absolute Gasteiger partial charge is 0.495 e. The Morgan fingerprint density at radius 2 is 1.96 bits per heavy atom. The van der Waals surface area contributed by atoms with E-state index in [0.29, 0.717) is 18.9 Å². The number of benzene rings is 1. The van der Waals surface area contributed by atoms with Gasteiger partial charge < -0.3 is 19.5 Å². The molecule has 9 heteroatoms. The highest BCUT2D eigenvalue weighted by molar-refractivity contribution is 7.89. The maximum Gasteiger partial charge on any atom is 0.250 e. The van der Waals surface area contributed by atoms with Gasteiger partial charge in [0, 0.05) is 18.8 Å². The average molecular weight is 398 g/mol. The molecule has 1 aromatic rings. The van der Waals surface area contributed by atoms with Gasteiger partial charge in [0.15, 0.2) is 0 Å². The van der Waals surface area contributed by atoms with Crippen molar-refractivity contribution in [3.63, 3.8) is 0 Å². The number of rotatable bonds is 7. The Balaban J connectivity index is 1.71. The van der Waals surface area contributed by atoms with Crippen molar-refractivity contribution in [1.29, 1.82) is 0 Å². The fraction of sp³-hybridized carbons (Fsp3) is 0.611. The summed E-state index contributed by atoms with van der Waals surface area (Å²) in [5, 5.41) is 2.71. The number of carbonyl (C=O) groups excluding carboxylic acids is 1. The number of methoxy groups -OCH3 is 1. The van der Waals surface area contributed by atoms with Gasteiger partial charge in [0.25, 0.3) is 0 Å². The van der Waals surface area contributed by atoms with Crippen LogP contribution in [0.3, 0.4) is 0 Å². The molecule has 0 atom stereocenters. The third kappa shape index (κ3) is 4.98. The predicted octanol–water partition coefficient (Wildman–Crippen LogP) is 1.61. The highest BCUT2D eigenvalue weighted by atomic mass is 32.2. The van der Waals surface area contributed by atoms with Crippen molar-refractivity contribution in [3.8, 4) is 5.75 Å². The summed E-state index contributed by atoms with van der Waals surface area (Å²) in [6.45, 7) is 1.25. The van der Waals surface area contributed by atoms with Crippen molar-refractivity contribution in [2.45, 2.75) is 36.7 Å². The van der Waals surface area contributed by atoms with Crippen molar-refractivity contribution in [1.82, 2.24) is 4.31 Å². The van der Waals surface area contributed by atoms with Gasteiger partial charge in [-0.3, -0.25) is 4.79 Å². The fourth-order valence-electron chi connectivity index (χ4n) is 3.33. The zero-order valence-corrected chi connectivity index (χ0v) is 16.3. The average Bonchev–Trinajstić information content (AvgIpc) is 3.21. The Hall–Kier alpha value is -1.68. The van der Waals surface area contributed by atoms with Crippen LogP contribution >= 0.6 is 0 Å². The first-order chi connectivity index (χ1) is 13.0. The van der Waals surface area contributed by atoms with Crippen molar-refractivity contribution in [3.05, 3.63) is 18.2 Å². The first kappa shape index (κ1) is 20.1. The van der Waals surface area contributed by atoms with Gasteiger partial charge in [-0.1, -0.05) is 12.8 Å². The van der Waals surface area contributed by atoms with Crippen molar-refractivity contribution in [2.24, 2.45) is 0 Å². The smallest absolute Gasteiger partial charge is 0.250 e. The Labute approximate surface area is 159 Å². The van der Waals surface area contributed by atoms with E-state index in [-0.39, 0.29) is 42.4 Å². The summed E-state index contributed by atoms with van der Waals surface area (Å²) in [6.07, 6.45) is 4.38. The number of nitrogens with zero attached hydrogens (tertiary/aromatic N) is 1. The number of hydrogen-bond acceptors (Lipinski definition) is 6. The Morgan fingerprint density at radius 3 is 2.63 bits per heavy atom. The van der Waals surface area contributed by atoms with Crippen LogP contribution in [-0.2, 0) is 24.3 Å². The molecule has 0 radical (unpaired) electrons. The summed E-state index contributed by atoms with van der Waals surface area (Å²) in [5.74, 6) is -0.0662. The molecule has 8 nitrogen and oxygen atoms in total. The maximum absolute atomic E-state index is 13.0. The van der Waals surface area contributed by atoms with Crippen molar-refractivity contribution in [2.75, 3.05) is 45.3 Å². The second-order valence-electron chi connectivity index (χ2n) is 6.65. The summed E-state index contributed by atoms with van der Waals surface area (Å²) in [4.78, 5) is 12.2. The minimum absolute atomic E-state index is 0.0291. The number of nitrogens with one attached hydrogen (secondary N) is 1. The molecular weight excluding hydrogens is 372 g/mol. The predicted molar refractivity (Wildman–Crippen MR) is 99.4 cm³/mol. The van der Waals surface area contributed by atoms with Crippen LogP contribution in [0.1, 0.15) is 25.7 Å². The molecule has 1 saturated carbocycles. The second kappa shape index (κ2) is 9.01. The topological polar surface area (TPSA) is 94.2 Å². The van der Waals surface area contributed by atoms with Gasteiger partial charge in [0.1, 0.15) is 17.3 Å². The number of ether oxygens (including phenoxy) is 3. The molecule has 27 heavy (non-hydrogen) atoms. The minimum Gasteiger partial charge on any atom is -0.495 e. The SMILES string of the molecule is COc1ccc(NC(=O)COC2CCCC2)cc1S(=O)(=O)N1CCOCC1. The third-order valence-electron chi connectivity index (χ3n) is 4.79. The zero-order valence-electron chi connectivity index (χ0n) is 15.5. The van der Waals surface area contributed by atoms with E-state index in [1.165, 1.54) is 17.5 Å². The lowest BCUT2D eigenvalue weighted by Crippen LogP contribution is -2.40. The lowest BCUT2D eigenvalue weighted by atomic mass is 10.3. The van der Waals surface area contributed by atoms with E-state index < -0.39 is 10.0 Å². The molecule has 1 aliphatic heterocycles.